The predicted octanol–water partition coefficient (Wildman–Crippen LogP) is -5.15. The SMILES string of the molecule is CC(NC(=O)C(CO)NC(=O)C(CCCCN)NC(=O)C(NC(=O)C(NC(=O)C(N)CCCCN)C(C)O)C(C)O)C(=O)O. The Kier molecular flexibility index (Phi) is 19.7. The van der Waals surface area contributed by atoms with E-state index in [9.17, 15) is 44.1 Å². The molecule has 0 heterocycles. The van der Waals surface area contributed by atoms with E-state index in [2.05, 4.69) is 26.6 Å². The Labute approximate surface area is 256 Å². The predicted molar refractivity (Wildman–Crippen MR) is 157 cm³/mol. The van der Waals surface area contributed by atoms with Gasteiger partial charge in [-0.2, -0.15) is 0 Å². The van der Waals surface area contributed by atoms with Crippen molar-refractivity contribution in [3.05, 3.63) is 0 Å². The van der Waals surface area contributed by atoms with E-state index in [0.29, 0.717) is 32.2 Å². The molecule has 0 spiro atoms. The Morgan fingerprint density at radius 2 is 1.05 bits per heavy atom. The van der Waals surface area contributed by atoms with Gasteiger partial charge in [0.05, 0.1) is 24.9 Å². The van der Waals surface area contributed by atoms with E-state index in [4.69, 9.17) is 22.3 Å². The van der Waals surface area contributed by atoms with Gasteiger partial charge in [0.15, 0.2) is 0 Å². The minimum atomic E-state index is -1.66. The van der Waals surface area contributed by atoms with Crippen LogP contribution in [-0.2, 0) is 28.8 Å². The van der Waals surface area contributed by atoms with Crippen LogP contribution in [0.4, 0.5) is 0 Å². The first-order chi connectivity index (χ1) is 20.6. The van der Waals surface area contributed by atoms with E-state index in [1.165, 1.54) is 20.8 Å². The Hall–Kier alpha value is -3.42. The Balaban J connectivity index is 5.72. The second-order valence-corrected chi connectivity index (χ2v) is 10.5. The molecule has 0 aromatic rings. The van der Waals surface area contributed by atoms with E-state index < -0.39 is 90.6 Å². The van der Waals surface area contributed by atoms with Crippen molar-refractivity contribution in [2.45, 2.75) is 108 Å². The Bertz CT molecular complexity index is 952. The van der Waals surface area contributed by atoms with Gasteiger partial charge in [-0.1, -0.05) is 6.42 Å². The second kappa shape index (κ2) is 21.3. The highest BCUT2D eigenvalue weighted by atomic mass is 16.4. The number of hydrogen-bond donors (Lipinski definition) is 12. The van der Waals surface area contributed by atoms with Crippen molar-refractivity contribution < 1.29 is 49.2 Å². The number of aliphatic hydroxyl groups is 3. The molecule has 254 valence electrons. The first kappa shape index (κ1) is 40.6. The van der Waals surface area contributed by atoms with Gasteiger partial charge in [0.2, 0.25) is 29.5 Å². The summed E-state index contributed by atoms with van der Waals surface area (Å²) in [6.07, 6.45) is -0.649. The van der Waals surface area contributed by atoms with Crippen LogP contribution in [-0.4, -0.2) is 124 Å². The molecule has 0 aliphatic rings. The summed E-state index contributed by atoms with van der Waals surface area (Å²) in [5.41, 5.74) is 16.8. The highest BCUT2D eigenvalue weighted by molar-refractivity contribution is 5.96. The molecule has 0 aliphatic carbocycles. The molecule has 0 fully saturated rings. The number of unbranched alkanes of at least 4 members (excludes halogenated alkanes) is 2. The van der Waals surface area contributed by atoms with Gasteiger partial charge >= 0.3 is 5.97 Å². The number of carboxylic acid groups (broad SMARTS) is 1. The molecular weight excluding hydrogens is 584 g/mol. The van der Waals surface area contributed by atoms with Crippen LogP contribution in [0.1, 0.15) is 59.3 Å². The molecule has 5 amide bonds. The van der Waals surface area contributed by atoms with Crippen LogP contribution in [0.3, 0.4) is 0 Å². The van der Waals surface area contributed by atoms with Crippen LogP contribution in [0.25, 0.3) is 0 Å². The summed E-state index contributed by atoms with van der Waals surface area (Å²) in [6.45, 7) is 3.39. The molecule has 0 aromatic carbocycles. The molecular formula is C26H50N8O10. The van der Waals surface area contributed by atoms with Crippen molar-refractivity contribution in [3.63, 3.8) is 0 Å². The van der Waals surface area contributed by atoms with Crippen LogP contribution in [0.2, 0.25) is 0 Å². The number of rotatable bonds is 22. The zero-order valence-corrected chi connectivity index (χ0v) is 25.5. The molecule has 44 heavy (non-hydrogen) atoms. The van der Waals surface area contributed by atoms with Gasteiger partial charge in [-0.3, -0.25) is 28.8 Å². The monoisotopic (exact) mass is 634 g/mol. The summed E-state index contributed by atoms with van der Waals surface area (Å²) in [5, 5.41) is 50.4. The van der Waals surface area contributed by atoms with Gasteiger partial charge in [-0.15, -0.1) is 0 Å². The standard InChI is InChI=1S/C26H50N8O10/c1-13(26(43)44)30-23(40)18(12-35)32-22(39)17(9-5-7-11-28)31-24(41)19(14(2)36)34-25(42)20(15(3)37)33-21(38)16(29)8-4-6-10-27/h13-20,35-37H,4-12,27-29H2,1-3H3,(H,30,40)(H,31,41)(H,32,39)(H,33,38)(H,34,42)(H,43,44). The summed E-state index contributed by atoms with van der Waals surface area (Å²) >= 11 is 0. The number of hydrogen-bond acceptors (Lipinski definition) is 12. The summed E-state index contributed by atoms with van der Waals surface area (Å²) in [4.78, 5) is 75.1. The maximum Gasteiger partial charge on any atom is 0.325 e. The average molecular weight is 635 g/mol. The summed E-state index contributed by atoms with van der Waals surface area (Å²) < 4.78 is 0. The molecule has 0 rings (SSSR count). The zero-order chi connectivity index (χ0) is 34.0. The third-order valence-electron chi connectivity index (χ3n) is 6.56. The van der Waals surface area contributed by atoms with Crippen LogP contribution >= 0.6 is 0 Å². The van der Waals surface area contributed by atoms with Gasteiger partial charge in [-0.05, 0) is 66.0 Å². The lowest BCUT2D eigenvalue weighted by atomic mass is 10.0. The fraction of sp³-hybridized carbons (Fsp3) is 0.769. The Morgan fingerprint density at radius 3 is 1.50 bits per heavy atom. The summed E-state index contributed by atoms with van der Waals surface area (Å²) in [7, 11) is 0. The highest BCUT2D eigenvalue weighted by Gasteiger charge is 2.35. The van der Waals surface area contributed by atoms with Crippen molar-refractivity contribution in [1.82, 2.24) is 26.6 Å². The van der Waals surface area contributed by atoms with Gasteiger partial charge in [-0.25, -0.2) is 0 Å². The lowest BCUT2D eigenvalue weighted by molar-refractivity contribution is -0.142. The molecule has 0 bridgehead atoms. The van der Waals surface area contributed by atoms with Gasteiger partial charge in [0.1, 0.15) is 30.2 Å². The summed E-state index contributed by atoms with van der Waals surface area (Å²) in [5.74, 6) is -6.00. The minimum absolute atomic E-state index is 0.00888. The fourth-order valence-corrected chi connectivity index (χ4v) is 3.82. The van der Waals surface area contributed by atoms with Crippen LogP contribution in [0.5, 0.6) is 0 Å². The number of nitrogens with one attached hydrogen (secondary N) is 5. The molecule has 0 radical (unpaired) electrons. The number of carbonyl (C=O) groups is 6. The fourth-order valence-electron chi connectivity index (χ4n) is 3.82. The first-order valence-electron chi connectivity index (χ1n) is 14.5. The third-order valence-corrected chi connectivity index (χ3v) is 6.56. The smallest absolute Gasteiger partial charge is 0.325 e. The van der Waals surface area contributed by atoms with Crippen molar-refractivity contribution in [2.24, 2.45) is 17.2 Å². The van der Waals surface area contributed by atoms with E-state index >= 15 is 0 Å². The Morgan fingerprint density at radius 1 is 0.614 bits per heavy atom. The topological polar surface area (TPSA) is 322 Å². The quantitative estimate of drug-likeness (QED) is 0.0496. The number of nitrogens with two attached hydrogens (primary N) is 3. The van der Waals surface area contributed by atoms with Crippen LogP contribution in [0.15, 0.2) is 0 Å². The number of carbonyl (C=O) groups excluding carboxylic acids is 5. The van der Waals surface area contributed by atoms with E-state index in [1.54, 1.807) is 0 Å². The average Bonchev–Trinajstić information content (AvgIpc) is 2.95. The van der Waals surface area contributed by atoms with Crippen molar-refractivity contribution in [1.29, 1.82) is 0 Å². The second-order valence-electron chi connectivity index (χ2n) is 10.5. The molecule has 18 heteroatoms. The molecule has 0 aliphatic heterocycles. The van der Waals surface area contributed by atoms with E-state index in [0.717, 1.165) is 0 Å². The summed E-state index contributed by atoms with van der Waals surface area (Å²) in [6, 6.07) is -8.38. The lowest BCUT2D eigenvalue weighted by Crippen LogP contribution is -2.62. The largest absolute Gasteiger partial charge is 0.480 e. The number of amides is 5. The zero-order valence-electron chi connectivity index (χ0n) is 25.5. The van der Waals surface area contributed by atoms with E-state index in [-0.39, 0.29) is 19.4 Å². The lowest BCUT2D eigenvalue weighted by Gasteiger charge is -2.28. The van der Waals surface area contributed by atoms with E-state index in [1.807, 2.05) is 0 Å². The number of aliphatic hydroxyl groups excluding tert-OH is 3. The maximum atomic E-state index is 13.2. The number of carboxylic acids is 1. The van der Waals surface area contributed by atoms with Crippen LogP contribution < -0.4 is 43.8 Å². The first-order valence-corrected chi connectivity index (χ1v) is 14.5. The maximum absolute atomic E-state index is 13.2. The molecule has 8 unspecified atom stereocenters. The highest BCUT2D eigenvalue weighted by Crippen LogP contribution is 2.06. The van der Waals surface area contributed by atoms with Crippen molar-refractivity contribution in [3.8, 4) is 0 Å². The molecule has 8 atom stereocenters. The van der Waals surface area contributed by atoms with Crippen molar-refractivity contribution >= 4 is 35.5 Å². The molecule has 15 N–H and O–H groups in total. The molecule has 0 aromatic heterocycles. The normalized spacial score (nSPS) is 16.6. The van der Waals surface area contributed by atoms with Gasteiger partial charge in [0.25, 0.3) is 0 Å². The molecule has 0 saturated heterocycles. The number of aliphatic carboxylic acids is 1. The van der Waals surface area contributed by atoms with Gasteiger partial charge < -0.3 is 64.2 Å². The van der Waals surface area contributed by atoms with Gasteiger partial charge in [0, 0.05) is 0 Å². The minimum Gasteiger partial charge on any atom is -0.480 e. The molecule has 0 saturated carbocycles. The molecule has 18 nitrogen and oxygen atoms in total. The van der Waals surface area contributed by atoms with Crippen LogP contribution in [0, 0.1) is 0 Å². The van der Waals surface area contributed by atoms with Crippen molar-refractivity contribution in [2.75, 3.05) is 19.7 Å². The third kappa shape index (κ3) is 14.8.